The molecule has 1 aliphatic rings. The second-order valence-corrected chi connectivity index (χ2v) is 4.65. The molecule has 7 heteroatoms. The van der Waals surface area contributed by atoms with Crippen LogP contribution in [0.3, 0.4) is 0 Å². The van der Waals surface area contributed by atoms with Gasteiger partial charge in [-0.25, -0.2) is 4.98 Å². The molecule has 4 N–H and O–H groups in total. The fourth-order valence-electron chi connectivity index (χ4n) is 1.98. The highest BCUT2D eigenvalue weighted by atomic mass is 35.5. The van der Waals surface area contributed by atoms with Crippen LogP contribution in [0.2, 0.25) is 0 Å². The number of halogens is 1. The molecular weight excluding hydrogens is 266 g/mol. The highest BCUT2D eigenvalue weighted by molar-refractivity contribution is 6.22. The van der Waals surface area contributed by atoms with E-state index in [1.54, 1.807) is 23.0 Å². The molecule has 1 aromatic carbocycles. The van der Waals surface area contributed by atoms with E-state index >= 15 is 0 Å². The molecule has 1 unspecified atom stereocenters. The number of fused-ring (bicyclic) bond motifs is 1. The molecule has 0 amide bonds. The Hall–Kier alpha value is -2.21. The zero-order valence-corrected chi connectivity index (χ0v) is 10.7. The molecule has 0 fully saturated rings. The number of aliphatic imine (C=N–C) groups is 1. The van der Waals surface area contributed by atoms with Crippen molar-refractivity contribution in [3.8, 4) is 5.75 Å². The number of imidazole rings is 1. The van der Waals surface area contributed by atoms with Crippen molar-refractivity contribution in [1.82, 2.24) is 14.9 Å². The van der Waals surface area contributed by atoms with Gasteiger partial charge in [-0.15, -0.1) is 0 Å². The van der Waals surface area contributed by atoms with Crippen molar-refractivity contribution in [2.24, 2.45) is 10.7 Å². The predicted octanol–water partition coefficient (Wildman–Crippen LogP) is 1.42. The largest absolute Gasteiger partial charge is 0.508 e. The summed E-state index contributed by atoms with van der Waals surface area (Å²) >= 11 is 6.09. The third-order valence-corrected chi connectivity index (χ3v) is 3.23. The Balaban J connectivity index is 1.99. The molecule has 2 heterocycles. The number of guanidine groups is 1. The summed E-state index contributed by atoms with van der Waals surface area (Å²) in [5.74, 6) is 1.10. The number of alkyl halides is 1. The lowest BCUT2D eigenvalue weighted by atomic mass is 10.2. The number of phenols is 1. The van der Waals surface area contributed by atoms with Crippen molar-refractivity contribution in [1.29, 1.82) is 0 Å². The Morgan fingerprint density at radius 2 is 2.21 bits per heavy atom. The SMILES string of the molecule is NC1=Nc2c(ncn2Cc2ccccc2O)C(Cl)N1. The van der Waals surface area contributed by atoms with Crippen molar-refractivity contribution in [3.63, 3.8) is 0 Å². The average Bonchev–Trinajstić information content (AvgIpc) is 2.76. The summed E-state index contributed by atoms with van der Waals surface area (Å²) in [4.78, 5) is 8.42. The molecule has 0 aliphatic carbocycles. The summed E-state index contributed by atoms with van der Waals surface area (Å²) in [7, 11) is 0. The maximum atomic E-state index is 9.78. The summed E-state index contributed by atoms with van der Waals surface area (Å²) in [5, 5.41) is 12.6. The van der Waals surface area contributed by atoms with Crippen LogP contribution in [0.15, 0.2) is 35.6 Å². The van der Waals surface area contributed by atoms with E-state index in [0.29, 0.717) is 18.1 Å². The molecule has 0 saturated heterocycles. The average molecular weight is 278 g/mol. The van der Waals surface area contributed by atoms with Crippen LogP contribution in [0.25, 0.3) is 0 Å². The molecule has 6 nitrogen and oxygen atoms in total. The van der Waals surface area contributed by atoms with Crippen molar-refractivity contribution < 1.29 is 5.11 Å². The fraction of sp³-hybridized carbons (Fsp3) is 0.167. The van der Waals surface area contributed by atoms with E-state index in [1.165, 1.54) is 0 Å². The quantitative estimate of drug-likeness (QED) is 0.572. The van der Waals surface area contributed by atoms with E-state index in [1.807, 2.05) is 12.1 Å². The van der Waals surface area contributed by atoms with Crippen LogP contribution in [0.5, 0.6) is 5.75 Å². The Morgan fingerprint density at radius 3 is 3.00 bits per heavy atom. The third-order valence-electron chi connectivity index (χ3n) is 2.91. The number of phenolic OH excluding ortho intramolecular Hbond substituents is 1. The van der Waals surface area contributed by atoms with Gasteiger partial charge < -0.3 is 20.7 Å². The monoisotopic (exact) mass is 277 g/mol. The number of aromatic nitrogens is 2. The standard InChI is InChI=1S/C12H12ClN5O/c13-10-9-11(17-12(14)16-10)18(6-15-9)5-7-3-1-2-4-8(7)19/h1-4,6,10,19H,5H2,(H3,14,16,17). The van der Waals surface area contributed by atoms with Gasteiger partial charge in [-0.1, -0.05) is 29.8 Å². The van der Waals surface area contributed by atoms with Gasteiger partial charge in [-0.05, 0) is 6.07 Å². The molecule has 0 spiro atoms. The topological polar surface area (TPSA) is 88.5 Å². The summed E-state index contributed by atoms with van der Waals surface area (Å²) in [6.45, 7) is 0.454. The Kier molecular flexibility index (Phi) is 2.79. The minimum absolute atomic E-state index is 0.234. The van der Waals surface area contributed by atoms with Gasteiger partial charge in [-0.3, -0.25) is 0 Å². The van der Waals surface area contributed by atoms with Gasteiger partial charge in [0.05, 0.1) is 12.9 Å². The second-order valence-electron chi connectivity index (χ2n) is 4.21. The minimum Gasteiger partial charge on any atom is -0.508 e. The first kappa shape index (κ1) is 11.9. The number of hydrogen-bond donors (Lipinski definition) is 3. The molecular formula is C12H12ClN5O. The Morgan fingerprint density at radius 1 is 1.42 bits per heavy atom. The molecule has 98 valence electrons. The zero-order valence-electron chi connectivity index (χ0n) is 9.92. The number of benzene rings is 1. The molecule has 1 atom stereocenters. The van der Waals surface area contributed by atoms with Crippen molar-refractivity contribution in [2.45, 2.75) is 12.0 Å². The van der Waals surface area contributed by atoms with Gasteiger partial charge in [0.15, 0.2) is 17.3 Å². The maximum Gasteiger partial charge on any atom is 0.196 e. The lowest BCUT2D eigenvalue weighted by molar-refractivity contribution is 0.466. The van der Waals surface area contributed by atoms with E-state index in [4.69, 9.17) is 17.3 Å². The first-order chi connectivity index (χ1) is 9.15. The first-order valence-electron chi connectivity index (χ1n) is 5.72. The first-order valence-corrected chi connectivity index (χ1v) is 6.15. The highest BCUT2D eigenvalue weighted by Gasteiger charge is 2.23. The van der Waals surface area contributed by atoms with E-state index in [2.05, 4.69) is 15.3 Å². The number of hydrogen-bond acceptors (Lipinski definition) is 5. The van der Waals surface area contributed by atoms with Crippen LogP contribution in [0.4, 0.5) is 5.82 Å². The number of nitrogens with two attached hydrogens (primary N) is 1. The molecule has 2 aromatic rings. The van der Waals surface area contributed by atoms with E-state index in [9.17, 15) is 5.11 Å². The smallest absolute Gasteiger partial charge is 0.196 e. The molecule has 1 aliphatic heterocycles. The van der Waals surface area contributed by atoms with E-state index < -0.39 is 5.50 Å². The van der Waals surface area contributed by atoms with Gasteiger partial charge in [0, 0.05) is 5.56 Å². The molecule has 0 saturated carbocycles. The van der Waals surface area contributed by atoms with Gasteiger partial charge in [0.1, 0.15) is 11.4 Å². The highest BCUT2D eigenvalue weighted by Crippen LogP contribution is 2.31. The zero-order chi connectivity index (χ0) is 13.4. The lowest BCUT2D eigenvalue weighted by Crippen LogP contribution is -2.35. The lowest BCUT2D eigenvalue weighted by Gasteiger charge is -2.17. The van der Waals surface area contributed by atoms with Crippen molar-refractivity contribution in [3.05, 3.63) is 41.9 Å². The summed E-state index contributed by atoms with van der Waals surface area (Å²) in [5.41, 5.74) is 6.58. The van der Waals surface area contributed by atoms with Gasteiger partial charge in [0.25, 0.3) is 0 Å². The van der Waals surface area contributed by atoms with Gasteiger partial charge in [-0.2, -0.15) is 4.99 Å². The van der Waals surface area contributed by atoms with E-state index in [0.717, 1.165) is 5.56 Å². The van der Waals surface area contributed by atoms with Crippen LogP contribution < -0.4 is 11.1 Å². The number of nitrogens with zero attached hydrogens (tertiary/aromatic N) is 3. The van der Waals surface area contributed by atoms with Crippen LogP contribution in [0, 0.1) is 0 Å². The second kappa shape index (κ2) is 4.47. The van der Waals surface area contributed by atoms with Crippen molar-refractivity contribution in [2.75, 3.05) is 0 Å². The van der Waals surface area contributed by atoms with Crippen LogP contribution >= 0.6 is 11.6 Å². The van der Waals surface area contributed by atoms with Crippen LogP contribution in [-0.4, -0.2) is 20.6 Å². The van der Waals surface area contributed by atoms with E-state index in [-0.39, 0.29) is 11.7 Å². The molecule has 1 aromatic heterocycles. The summed E-state index contributed by atoms with van der Waals surface area (Å²) in [6, 6.07) is 7.12. The third kappa shape index (κ3) is 2.10. The van der Waals surface area contributed by atoms with Gasteiger partial charge in [0.2, 0.25) is 0 Å². The minimum atomic E-state index is -0.488. The fourth-order valence-corrected chi connectivity index (χ4v) is 2.25. The summed E-state index contributed by atoms with van der Waals surface area (Å²) in [6.07, 6.45) is 1.64. The molecule has 3 rings (SSSR count). The number of para-hydroxylation sites is 1. The molecule has 19 heavy (non-hydrogen) atoms. The predicted molar refractivity (Wildman–Crippen MR) is 72.4 cm³/mol. The Labute approximate surface area is 114 Å². The normalized spacial score (nSPS) is 17.5. The maximum absolute atomic E-state index is 9.78. The number of aromatic hydroxyl groups is 1. The Bertz CT molecular complexity index is 651. The van der Waals surface area contributed by atoms with Crippen LogP contribution in [0.1, 0.15) is 16.8 Å². The molecule has 0 radical (unpaired) electrons. The summed E-state index contributed by atoms with van der Waals surface area (Å²) < 4.78 is 1.80. The number of nitrogens with one attached hydrogen (secondary N) is 1. The number of rotatable bonds is 2. The van der Waals surface area contributed by atoms with Crippen LogP contribution in [-0.2, 0) is 6.54 Å². The van der Waals surface area contributed by atoms with Gasteiger partial charge >= 0.3 is 0 Å². The molecule has 0 bridgehead atoms. The van der Waals surface area contributed by atoms with Crippen molar-refractivity contribution >= 4 is 23.4 Å².